The molecule has 0 spiro atoms. The van der Waals surface area contributed by atoms with Gasteiger partial charge in [0.2, 0.25) is 12.7 Å². The largest absolute Gasteiger partial charge is 0.454 e. The Kier molecular flexibility index (Phi) is 3.55. The summed E-state index contributed by atoms with van der Waals surface area (Å²) >= 11 is 0. The quantitative estimate of drug-likeness (QED) is 0.874. The zero-order valence-electron chi connectivity index (χ0n) is 12.7. The van der Waals surface area contributed by atoms with Crippen molar-refractivity contribution in [3.05, 3.63) is 34.1 Å². The number of H-pyrrole nitrogens is 1. The van der Waals surface area contributed by atoms with E-state index in [4.69, 9.17) is 14.2 Å². The number of hydrogen-bond acceptors (Lipinski definition) is 7. The molecule has 1 aromatic carbocycles. The smallest absolute Gasteiger partial charge is 0.270 e. The normalized spacial score (nSPS) is 16.0. The van der Waals surface area contributed by atoms with Crippen LogP contribution >= 0.6 is 0 Å². The zero-order chi connectivity index (χ0) is 16.5. The van der Waals surface area contributed by atoms with Crippen LogP contribution < -0.4 is 19.9 Å². The number of hydrogen-bond donors (Lipinski definition) is 1. The second-order valence-corrected chi connectivity index (χ2v) is 5.39. The number of ether oxygens (including phenoxy) is 3. The first-order chi connectivity index (χ1) is 11.8. The lowest BCUT2D eigenvalue weighted by Crippen LogP contribution is -2.38. The molecule has 122 valence electrons. The van der Waals surface area contributed by atoms with E-state index in [1.165, 1.54) is 0 Å². The van der Waals surface area contributed by atoms with Crippen molar-refractivity contribution in [1.29, 1.82) is 5.26 Å². The monoisotopic (exact) mass is 326 g/mol. The van der Waals surface area contributed by atoms with Crippen molar-refractivity contribution >= 4 is 5.95 Å². The van der Waals surface area contributed by atoms with Crippen LogP contribution in [0.15, 0.2) is 23.0 Å². The lowest BCUT2D eigenvalue weighted by molar-refractivity contribution is 0.122. The molecule has 1 aromatic heterocycles. The van der Waals surface area contributed by atoms with Crippen LogP contribution in [0.4, 0.5) is 5.95 Å². The Morgan fingerprint density at radius 2 is 2.00 bits per heavy atom. The first-order valence-electron chi connectivity index (χ1n) is 7.53. The fourth-order valence-electron chi connectivity index (χ4n) is 2.74. The summed E-state index contributed by atoms with van der Waals surface area (Å²) in [5.74, 6) is 1.65. The van der Waals surface area contributed by atoms with Gasteiger partial charge in [-0.1, -0.05) is 0 Å². The molecule has 0 amide bonds. The highest BCUT2D eigenvalue weighted by molar-refractivity contribution is 5.70. The maximum atomic E-state index is 12.3. The molecule has 4 rings (SSSR count). The summed E-state index contributed by atoms with van der Waals surface area (Å²) in [7, 11) is 0. The number of morpholine rings is 1. The van der Waals surface area contributed by atoms with Crippen LogP contribution in [-0.4, -0.2) is 43.1 Å². The summed E-state index contributed by atoms with van der Waals surface area (Å²) in [6, 6.07) is 7.18. The molecule has 1 saturated heterocycles. The minimum atomic E-state index is -0.457. The minimum Gasteiger partial charge on any atom is -0.454 e. The summed E-state index contributed by atoms with van der Waals surface area (Å²) in [6.45, 7) is 2.57. The Bertz CT molecular complexity index is 881. The molecule has 3 heterocycles. The van der Waals surface area contributed by atoms with Gasteiger partial charge in [-0.2, -0.15) is 5.26 Å². The van der Waals surface area contributed by atoms with E-state index in [0.29, 0.717) is 55.0 Å². The van der Waals surface area contributed by atoms with Gasteiger partial charge in [0, 0.05) is 18.7 Å². The molecule has 24 heavy (non-hydrogen) atoms. The molecule has 8 nitrogen and oxygen atoms in total. The van der Waals surface area contributed by atoms with Crippen molar-refractivity contribution in [2.24, 2.45) is 0 Å². The van der Waals surface area contributed by atoms with Gasteiger partial charge in [-0.05, 0) is 18.2 Å². The van der Waals surface area contributed by atoms with E-state index in [-0.39, 0.29) is 12.4 Å². The molecule has 2 aliphatic rings. The Labute approximate surface area is 137 Å². The number of aromatic nitrogens is 2. The third-order valence-electron chi connectivity index (χ3n) is 3.98. The number of fused-ring (bicyclic) bond motifs is 1. The van der Waals surface area contributed by atoms with Crippen molar-refractivity contribution in [3.8, 4) is 28.8 Å². The van der Waals surface area contributed by atoms with E-state index in [2.05, 4.69) is 9.97 Å². The van der Waals surface area contributed by atoms with Gasteiger partial charge in [0.1, 0.15) is 11.6 Å². The van der Waals surface area contributed by atoms with E-state index >= 15 is 0 Å². The molecule has 0 saturated carbocycles. The van der Waals surface area contributed by atoms with Gasteiger partial charge in [0.05, 0.1) is 18.9 Å². The van der Waals surface area contributed by atoms with Crippen molar-refractivity contribution < 1.29 is 14.2 Å². The first-order valence-corrected chi connectivity index (χ1v) is 7.53. The SMILES string of the molecule is N#Cc1c(-c2ccc3c(c2)OCO3)nc(N2CCOCC2)[nH]c1=O. The van der Waals surface area contributed by atoms with E-state index in [0.717, 1.165) is 0 Å². The predicted molar refractivity (Wildman–Crippen MR) is 84.2 cm³/mol. The van der Waals surface area contributed by atoms with Gasteiger partial charge in [0.25, 0.3) is 5.56 Å². The Hall–Kier alpha value is -3.05. The molecular weight excluding hydrogens is 312 g/mol. The summed E-state index contributed by atoms with van der Waals surface area (Å²) in [5, 5.41) is 9.36. The van der Waals surface area contributed by atoms with Crippen molar-refractivity contribution in [2.75, 3.05) is 38.0 Å². The third-order valence-corrected chi connectivity index (χ3v) is 3.98. The van der Waals surface area contributed by atoms with Crippen LogP contribution in [0.2, 0.25) is 0 Å². The van der Waals surface area contributed by atoms with E-state index in [9.17, 15) is 10.1 Å². The van der Waals surface area contributed by atoms with Crippen LogP contribution in [0, 0.1) is 11.3 Å². The number of aromatic amines is 1. The number of anilines is 1. The standard InChI is InChI=1S/C16H14N4O4/c17-8-11-14(10-1-2-12-13(7-10)24-9-23-12)18-16(19-15(11)21)20-3-5-22-6-4-20/h1-2,7H,3-6,9H2,(H,18,19,21). The molecule has 0 unspecified atom stereocenters. The second kappa shape index (κ2) is 5.86. The summed E-state index contributed by atoms with van der Waals surface area (Å²) in [4.78, 5) is 21.4. The van der Waals surface area contributed by atoms with Crippen molar-refractivity contribution in [1.82, 2.24) is 9.97 Å². The van der Waals surface area contributed by atoms with E-state index < -0.39 is 5.56 Å². The van der Waals surface area contributed by atoms with Gasteiger partial charge in [0.15, 0.2) is 11.5 Å². The third kappa shape index (κ3) is 2.45. The maximum absolute atomic E-state index is 12.3. The van der Waals surface area contributed by atoms with E-state index in [1.807, 2.05) is 11.0 Å². The lowest BCUT2D eigenvalue weighted by atomic mass is 10.1. The number of nitrogens with zero attached hydrogens (tertiary/aromatic N) is 3. The molecule has 1 fully saturated rings. The van der Waals surface area contributed by atoms with Crippen LogP contribution in [0.5, 0.6) is 11.5 Å². The average molecular weight is 326 g/mol. The molecule has 0 radical (unpaired) electrons. The average Bonchev–Trinajstić information content (AvgIpc) is 3.09. The number of benzene rings is 1. The van der Waals surface area contributed by atoms with Gasteiger partial charge < -0.3 is 19.1 Å². The Morgan fingerprint density at radius 1 is 1.21 bits per heavy atom. The van der Waals surface area contributed by atoms with Crippen LogP contribution in [0.1, 0.15) is 5.56 Å². The van der Waals surface area contributed by atoms with Gasteiger partial charge in [-0.3, -0.25) is 9.78 Å². The van der Waals surface area contributed by atoms with Crippen molar-refractivity contribution in [2.45, 2.75) is 0 Å². The fraction of sp³-hybridized carbons (Fsp3) is 0.312. The molecule has 8 heteroatoms. The second-order valence-electron chi connectivity index (χ2n) is 5.39. The molecule has 0 bridgehead atoms. The highest BCUT2D eigenvalue weighted by Crippen LogP contribution is 2.36. The number of rotatable bonds is 2. The topological polar surface area (TPSA) is 100 Å². The minimum absolute atomic E-state index is 0.0223. The van der Waals surface area contributed by atoms with Crippen LogP contribution in [0.25, 0.3) is 11.3 Å². The Balaban J connectivity index is 1.82. The zero-order valence-corrected chi connectivity index (χ0v) is 12.7. The van der Waals surface area contributed by atoms with Crippen LogP contribution in [0.3, 0.4) is 0 Å². The van der Waals surface area contributed by atoms with Gasteiger partial charge in [-0.25, -0.2) is 4.98 Å². The lowest BCUT2D eigenvalue weighted by Gasteiger charge is -2.27. The highest BCUT2D eigenvalue weighted by atomic mass is 16.7. The molecule has 1 N–H and O–H groups in total. The summed E-state index contributed by atoms with van der Waals surface area (Å²) in [6.07, 6.45) is 0. The van der Waals surface area contributed by atoms with Crippen molar-refractivity contribution in [3.63, 3.8) is 0 Å². The van der Waals surface area contributed by atoms with Gasteiger partial charge >= 0.3 is 0 Å². The maximum Gasteiger partial charge on any atom is 0.270 e. The van der Waals surface area contributed by atoms with Crippen LogP contribution in [-0.2, 0) is 4.74 Å². The molecule has 0 atom stereocenters. The fourth-order valence-corrected chi connectivity index (χ4v) is 2.74. The number of nitrogens with one attached hydrogen (secondary N) is 1. The molecule has 2 aliphatic heterocycles. The van der Waals surface area contributed by atoms with Gasteiger partial charge in [-0.15, -0.1) is 0 Å². The Morgan fingerprint density at radius 3 is 2.79 bits per heavy atom. The molecule has 0 aliphatic carbocycles. The summed E-state index contributed by atoms with van der Waals surface area (Å²) in [5.41, 5.74) is 0.491. The molecule has 2 aromatic rings. The first kappa shape index (κ1) is 14.5. The number of nitriles is 1. The van der Waals surface area contributed by atoms with E-state index in [1.54, 1.807) is 18.2 Å². The summed E-state index contributed by atoms with van der Waals surface area (Å²) < 4.78 is 16.0. The molecular formula is C16H14N4O4. The highest BCUT2D eigenvalue weighted by Gasteiger charge is 2.21. The predicted octanol–water partition coefficient (Wildman–Crippen LogP) is 0.874.